The molecule has 7 nitrogen and oxygen atoms in total. The molecule has 2 aromatic heterocycles. The fourth-order valence-electron chi connectivity index (χ4n) is 1.61. The van der Waals surface area contributed by atoms with Crippen molar-refractivity contribution < 1.29 is 9.32 Å². The molecule has 0 saturated heterocycles. The number of carbonyl (C=O) groups is 1. The predicted octanol–water partition coefficient (Wildman–Crippen LogP) is 0.748. The van der Waals surface area contributed by atoms with Crippen molar-refractivity contribution in [2.75, 3.05) is 6.54 Å². The fourth-order valence-corrected chi connectivity index (χ4v) is 1.61. The van der Waals surface area contributed by atoms with Gasteiger partial charge in [0.15, 0.2) is 5.82 Å². The van der Waals surface area contributed by atoms with Gasteiger partial charge in [-0.2, -0.15) is 4.98 Å². The maximum atomic E-state index is 11.9. The van der Waals surface area contributed by atoms with Crippen molar-refractivity contribution in [2.45, 2.75) is 32.7 Å². The van der Waals surface area contributed by atoms with Gasteiger partial charge in [-0.05, 0) is 6.92 Å². The van der Waals surface area contributed by atoms with Gasteiger partial charge in [-0.1, -0.05) is 12.1 Å². The summed E-state index contributed by atoms with van der Waals surface area (Å²) in [5, 5.41) is 6.63. The molecule has 0 aliphatic carbocycles. The third-order valence-corrected chi connectivity index (χ3v) is 2.82. The molecule has 0 aliphatic rings. The van der Waals surface area contributed by atoms with Crippen LogP contribution in [0.4, 0.5) is 0 Å². The molecule has 0 unspecified atom stereocenters. The van der Waals surface area contributed by atoms with Crippen molar-refractivity contribution in [3.63, 3.8) is 0 Å². The molecule has 0 bridgehead atoms. The van der Waals surface area contributed by atoms with Crippen LogP contribution >= 0.6 is 0 Å². The van der Waals surface area contributed by atoms with Crippen LogP contribution in [0.15, 0.2) is 23.2 Å². The number of nitrogens with one attached hydrogen (secondary N) is 1. The number of hydrogen-bond acceptors (Lipinski definition) is 5. The third kappa shape index (κ3) is 3.40. The van der Waals surface area contributed by atoms with Crippen molar-refractivity contribution in [3.05, 3.63) is 30.4 Å². The third-order valence-electron chi connectivity index (χ3n) is 2.82. The predicted molar refractivity (Wildman–Crippen MR) is 67.3 cm³/mol. The summed E-state index contributed by atoms with van der Waals surface area (Å²) in [7, 11) is 0. The van der Waals surface area contributed by atoms with E-state index in [1.54, 1.807) is 23.3 Å². The molecule has 7 heteroatoms. The number of aryl methyl sites for hydroxylation is 1. The van der Waals surface area contributed by atoms with Crippen LogP contribution < -0.4 is 5.32 Å². The summed E-state index contributed by atoms with van der Waals surface area (Å²) < 4.78 is 6.79. The summed E-state index contributed by atoms with van der Waals surface area (Å²) in [5.41, 5.74) is 0. The average molecular weight is 263 g/mol. The van der Waals surface area contributed by atoms with Gasteiger partial charge < -0.3 is 14.4 Å². The average Bonchev–Trinajstić information content (AvgIpc) is 3.08. The first kappa shape index (κ1) is 13.3. The van der Waals surface area contributed by atoms with Crippen molar-refractivity contribution in [2.24, 2.45) is 0 Å². The van der Waals surface area contributed by atoms with E-state index in [-0.39, 0.29) is 11.9 Å². The molecule has 0 radical (unpaired) electrons. The Kier molecular flexibility index (Phi) is 4.27. The van der Waals surface area contributed by atoms with Crippen LogP contribution in [0.3, 0.4) is 0 Å². The smallest absolute Gasteiger partial charge is 0.242 e. The Morgan fingerprint density at radius 2 is 2.42 bits per heavy atom. The number of carbonyl (C=O) groups excluding carboxylic acids is 1. The van der Waals surface area contributed by atoms with E-state index >= 15 is 0 Å². The Bertz CT molecular complexity index is 520. The second kappa shape index (κ2) is 6.12. The minimum atomic E-state index is -0.281. The molecular formula is C12H17N5O2. The lowest BCUT2D eigenvalue weighted by molar-refractivity contribution is -0.123. The Labute approximate surface area is 111 Å². The zero-order valence-corrected chi connectivity index (χ0v) is 11.0. The number of aromatic nitrogens is 4. The van der Waals surface area contributed by atoms with Gasteiger partial charge in [0.2, 0.25) is 11.8 Å². The van der Waals surface area contributed by atoms with Crippen molar-refractivity contribution in [1.82, 2.24) is 25.0 Å². The molecule has 19 heavy (non-hydrogen) atoms. The second-order valence-corrected chi connectivity index (χ2v) is 4.18. The number of hydrogen-bond donors (Lipinski definition) is 1. The fraction of sp³-hybridized carbons (Fsp3) is 0.500. The first-order valence-electron chi connectivity index (χ1n) is 6.27. The molecule has 2 heterocycles. The Hall–Kier alpha value is -2.18. The summed E-state index contributed by atoms with van der Waals surface area (Å²) in [4.78, 5) is 20.0. The summed E-state index contributed by atoms with van der Waals surface area (Å²) in [6.45, 7) is 4.26. The molecule has 1 atom stereocenters. The zero-order valence-electron chi connectivity index (χ0n) is 11.0. The Morgan fingerprint density at radius 1 is 1.58 bits per heavy atom. The van der Waals surface area contributed by atoms with Gasteiger partial charge in [0, 0.05) is 31.8 Å². The Balaban J connectivity index is 1.77. The standard InChI is InChI=1S/C12H17N5O2/c1-3-10-15-11(19-16-10)4-5-14-12(18)9(2)17-7-6-13-8-17/h6-9H,3-5H2,1-2H3,(H,14,18)/t9-/m1/s1. The topological polar surface area (TPSA) is 85.8 Å². The van der Waals surface area contributed by atoms with Gasteiger partial charge in [-0.15, -0.1) is 0 Å². The number of nitrogens with zero attached hydrogens (tertiary/aromatic N) is 4. The van der Waals surface area contributed by atoms with Crippen molar-refractivity contribution >= 4 is 5.91 Å². The molecule has 2 aromatic rings. The summed E-state index contributed by atoms with van der Waals surface area (Å²) in [5.74, 6) is 1.17. The van der Waals surface area contributed by atoms with Crippen molar-refractivity contribution in [1.29, 1.82) is 0 Å². The summed E-state index contributed by atoms with van der Waals surface area (Å²) in [6.07, 6.45) is 6.31. The van der Waals surface area contributed by atoms with Crippen LogP contribution in [-0.2, 0) is 17.6 Å². The van der Waals surface area contributed by atoms with Gasteiger partial charge >= 0.3 is 0 Å². The van der Waals surface area contributed by atoms with E-state index in [2.05, 4.69) is 20.4 Å². The van der Waals surface area contributed by atoms with Gasteiger partial charge in [0.25, 0.3) is 0 Å². The number of rotatable bonds is 6. The van der Waals surface area contributed by atoms with E-state index < -0.39 is 0 Å². The maximum absolute atomic E-state index is 11.9. The molecule has 0 saturated carbocycles. The molecule has 0 spiro atoms. The number of amides is 1. The van der Waals surface area contributed by atoms with Crippen LogP contribution in [0.2, 0.25) is 0 Å². The molecule has 0 fully saturated rings. The highest BCUT2D eigenvalue weighted by Gasteiger charge is 2.13. The molecule has 0 aromatic carbocycles. The van der Waals surface area contributed by atoms with E-state index in [9.17, 15) is 4.79 Å². The van der Waals surface area contributed by atoms with Gasteiger partial charge in [0.05, 0.1) is 6.33 Å². The van der Waals surface area contributed by atoms with Crippen LogP contribution in [0, 0.1) is 0 Å². The first-order chi connectivity index (χ1) is 9.20. The highest BCUT2D eigenvalue weighted by Crippen LogP contribution is 2.04. The van der Waals surface area contributed by atoms with E-state index in [4.69, 9.17) is 4.52 Å². The monoisotopic (exact) mass is 263 g/mol. The van der Waals surface area contributed by atoms with Crippen LogP contribution in [0.5, 0.6) is 0 Å². The molecule has 2 rings (SSSR count). The van der Waals surface area contributed by atoms with Gasteiger partial charge in [0.1, 0.15) is 6.04 Å². The second-order valence-electron chi connectivity index (χ2n) is 4.18. The molecule has 102 valence electrons. The lowest BCUT2D eigenvalue weighted by Gasteiger charge is -2.12. The minimum Gasteiger partial charge on any atom is -0.354 e. The Morgan fingerprint density at radius 3 is 3.05 bits per heavy atom. The van der Waals surface area contributed by atoms with Crippen molar-refractivity contribution in [3.8, 4) is 0 Å². The normalized spacial score (nSPS) is 12.3. The zero-order chi connectivity index (χ0) is 13.7. The minimum absolute atomic E-state index is 0.0618. The first-order valence-corrected chi connectivity index (χ1v) is 6.27. The largest absolute Gasteiger partial charge is 0.354 e. The van der Waals surface area contributed by atoms with Crippen LogP contribution in [0.1, 0.15) is 31.6 Å². The van der Waals surface area contributed by atoms with Gasteiger partial charge in [-0.25, -0.2) is 4.98 Å². The lowest BCUT2D eigenvalue weighted by atomic mass is 10.3. The molecule has 0 aliphatic heterocycles. The summed E-state index contributed by atoms with van der Waals surface area (Å²) >= 11 is 0. The molecule has 1 N–H and O–H groups in total. The highest BCUT2D eigenvalue weighted by molar-refractivity contribution is 5.79. The van der Waals surface area contributed by atoms with E-state index in [1.807, 2.05) is 13.8 Å². The van der Waals surface area contributed by atoms with Gasteiger partial charge in [-0.3, -0.25) is 4.79 Å². The number of imidazole rings is 1. The quantitative estimate of drug-likeness (QED) is 0.831. The van der Waals surface area contributed by atoms with E-state index in [1.165, 1.54) is 0 Å². The summed E-state index contributed by atoms with van der Waals surface area (Å²) in [6, 6.07) is -0.281. The van der Waals surface area contributed by atoms with E-state index in [0.29, 0.717) is 24.7 Å². The lowest BCUT2D eigenvalue weighted by Crippen LogP contribution is -2.32. The maximum Gasteiger partial charge on any atom is 0.242 e. The van der Waals surface area contributed by atoms with E-state index in [0.717, 1.165) is 6.42 Å². The highest BCUT2D eigenvalue weighted by atomic mass is 16.5. The van der Waals surface area contributed by atoms with Crippen LogP contribution in [-0.4, -0.2) is 32.1 Å². The van der Waals surface area contributed by atoms with Crippen LogP contribution in [0.25, 0.3) is 0 Å². The SMILES string of the molecule is CCc1noc(CCNC(=O)[C@@H](C)n2ccnc2)n1. The molecular weight excluding hydrogens is 246 g/mol. The molecule has 1 amide bonds.